The molecule has 0 bridgehead atoms. The van der Waals surface area contributed by atoms with Gasteiger partial charge in [-0.15, -0.1) is 0 Å². The van der Waals surface area contributed by atoms with Crippen LogP contribution in [0.2, 0.25) is 39.3 Å². The lowest BCUT2D eigenvalue weighted by molar-refractivity contribution is 0.463. The molecule has 0 aromatic carbocycles. The predicted octanol–water partition coefficient (Wildman–Crippen LogP) is 2.31. The summed E-state index contributed by atoms with van der Waals surface area (Å²) in [6.07, 6.45) is 2.37. The molecule has 0 aliphatic heterocycles. The van der Waals surface area contributed by atoms with Crippen LogP contribution in [0.4, 0.5) is 0 Å². The normalized spacial score (nSPS) is 13.2. The molecule has 20 heavy (non-hydrogen) atoms. The highest BCUT2D eigenvalue weighted by Gasteiger charge is 2.26. The monoisotopic (exact) mass is 334 g/mol. The van der Waals surface area contributed by atoms with E-state index in [1.54, 1.807) is 0 Å². The van der Waals surface area contributed by atoms with E-state index in [9.17, 15) is 8.42 Å². The van der Waals surface area contributed by atoms with E-state index in [-0.39, 0.29) is 16.8 Å². The van der Waals surface area contributed by atoms with Gasteiger partial charge in [-0.1, -0.05) is 0 Å². The Balaban J connectivity index is 3.29. The van der Waals surface area contributed by atoms with E-state index < -0.39 is 26.5 Å². The molecule has 0 saturated heterocycles. The summed E-state index contributed by atoms with van der Waals surface area (Å²) in [6.45, 7) is 11.9. The molecule has 0 N–H and O–H groups in total. The Kier molecular flexibility index (Phi) is 4.66. The van der Waals surface area contributed by atoms with Crippen molar-refractivity contribution in [1.29, 1.82) is 0 Å². The minimum absolute atomic E-state index is 0.00264. The fourth-order valence-corrected chi connectivity index (χ4v) is 3.38. The Hall–Kier alpha value is -0.936. The zero-order valence-electron chi connectivity index (χ0n) is 13.0. The van der Waals surface area contributed by atoms with E-state index >= 15 is 0 Å². The van der Waals surface area contributed by atoms with Crippen LogP contribution in [0, 0.1) is 0 Å². The van der Waals surface area contributed by atoms with Crippen molar-refractivity contribution in [2.75, 3.05) is 6.26 Å². The van der Waals surface area contributed by atoms with Crippen molar-refractivity contribution in [2.24, 2.45) is 0 Å². The molecular weight excluding hydrogens is 312 g/mol. The van der Waals surface area contributed by atoms with Gasteiger partial charge in [0.1, 0.15) is 4.90 Å². The lowest BCUT2D eigenvalue weighted by Crippen LogP contribution is -2.32. The average molecular weight is 335 g/mol. The summed E-state index contributed by atoms with van der Waals surface area (Å²) in [5.41, 5.74) is 0. The molecule has 0 spiro atoms. The molecule has 0 radical (unpaired) electrons. The van der Waals surface area contributed by atoms with Crippen molar-refractivity contribution in [2.45, 2.75) is 44.2 Å². The fourth-order valence-electron chi connectivity index (χ4n) is 1.28. The molecular formula is C11H22N2O4SSi2. The number of sulfone groups is 1. The van der Waals surface area contributed by atoms with Crippen molar-refractivity contribution < 1.29 is 17.3 Å². The van der Waals surface area contributed by atoms with Crippen molar-refractivity contribution in [3.05, 3.63) is 6.20 Å². The Morgan fingerprint density at radius 1 is 1.00 bits per heavy atom. The second kappa shape index (κ2) is 5.45. The van der Waals surface area contributed by atoms with Crippen molar-refractivity contribution in [3.8, 4) is 11.9 Å². The molecule has 0 aliphatic rings. The first kappa shape index (κ1) is 17.1. The second-order valence-corrected chi connectivity index (χ2v) is 17.4. The van der Waals surface area contributed by atoms with E-state index in [0.29, 0.717) is 0 Å². The topological polar surface area (TPSA) is 78.4 Å². The summed E-state index contributed by atoms with van der Waals surface area (Å²) < 4.78 is 35.0. The second-order valence-electron chi connectivity index (χ2n) is 6.52. The first-order chi connectivity index (χ1) is 8.78. The van der Waals surface area contributed by atoms with Crippen LogP contribution in [-0.4, -0.2) is 41.3 Å². The van der Waals surface area contributed by atoms with Crippen LogP contribution >= 0.6 is 0 Å². The fraction of sp³-hybridized carbons (Fsp3) is 0.636. The van der Waals surface area contributed by atoms with E-state index in [1.807, 2.05) is 39.3 Å². The maximum Gasteiger partial charge on any atom is 0.305 e. The van der Waals surface area contributed by atoms with Crippen molar-refractivity contribution >= 4 is 26.5 Å². The number of aromatic nitrogens is 2. The Bertz CT molecular complexity index is 591. The molecule has 114 valence electrons. The Morgan fingerprint density at radius 3 is 1.90 bits per heavy atom. The first-order valence-corrected chi connectivity index (χ1v) is 14.9. The number of nitrogens with zero attached hydrogens (tertiary/aromatic N) is 2. The van der Waals surface area contributed by atoms with Gasteiger partial charge >= 0.3 is 6.01 Å². The third-order valence-corrected chi connectivity index (χ3v) is 4.58. The van der Waals surface area contributed by atoms with Crippen molar-refractivity contribution in [1.82, 2.24) is 9.97 Å². The SMILES string of the molecule is C[Si](C)(C)Oc1ncc(S(C)(=O)=O)c(O[Si](C)(C)C)n1. The minimum atomic E-state index is -3.44. The third-order valence-electron chi connectivity index (χ3n) is 1.90. The first-order valence-electron chi connectivity index (χ1n) is 6.23. The van der Waals surface area contributed by atoms with Crippen LogP contribution in [-0.2, 0) is 9.84 Å². The predicted molar refractivity (Wildman–Crippen MR) is 83.1 cm³/mol. The van der Waals surface area contributed by atoms with E-state index in [1.165, 1.54) is 6.20 Å². The number of hydrogen-bond acceptors (Lipinski definition) is 6. The van der Waals surface area contributed by atoms with Gasteiger partial charge in [0, 0.05) is 6.26 Å². The summed E-state index contributed by atoms with van der Waals surface area (Å²) in [7, 11) is -7.29. The van der Waals surface area contributed by atoms with Gasteiger partial charge in [0.25, 0.3) is 0 Å². The molecule has 6 nitrogen and oxygen atoms in total. The minimum Gasteiger partial charge on any atom is -0.530 e. The summed E-state index contributed by atoms with van der Waals surface area (Å²) in [4.78, 5) is 8.13. The smallest absolute Gasteiger partial charge is 0.305 e. The Labute approximate surface area is 122 Å². The van der Waals surface area contributed by atoms with Gasteiger partial charge in [0.05, 0.1) is 6.20 Å². The summed E-state index contributed by atoms with van der Waals surface area (Å²) in [5, 5.41) is 0. The van der Waals surface area contributed by atoms with E-state index in [4.69, 9.17) is 8.85 Å². The highest BCUT2D eigenvalue weighted by Crippen LogP contribution is 2.26. The van der Waals surface area contributed by atoms with Gasteiger partial charge in [-0.3, -0.25) is 0 Å². The number of hydrogen-bond donors (Lipinski definition) is 0. The molecule has 0 aliphatic carbocycles. The highest BCUT2D eigenvalue weighted by atomic mass is 32.2. The molecule has 9 heteroatoms. The zero-order chi connectivity index (χ0) is 15.8. The van der Waals surface area contributed by atoms with Gasteiger partial charge in [0.15, 0.2) is 9.84 Å². The van der Waals surface area contributed by atoms with Gasteiger partial charge < -0.3 is 8.85 Å². The maximum absolute atomic E-state index is 11.8. The lowest BCUT2D eigenvalue weighted by atomic mass is 10.6. The molecule has 0 unspecified atom stereocenters. The molecule has 1 aromatic heterocycles. The average Bonchev–Trinajstić information content (AvgIpc) is 2.09. The van der Waals surface area contributed by atoms with Gasteiger partial charge in [-0.05, 0) is 39.3 Å². The van der Waals surface area contributed by atoms with Gasteiger partial charge in [0.2, 0.25) is 22.5 Å². The largest absolute Gasteiger partial charge is 0.530 e. The van der Waals surface area contributed by atoms with E-state index in [2.05, 4.69) is 9.97 Å². The third kappa shape index (κ3) is 5.59. The zero-order valence-corrected chi connectivity index (χ0v) is 15.8. The van der Waals surface area contributed by atoms with Gasteiger partial charge in [-0.2, -0.15) is 4.98 Å². The maximum atomic E-state index is 11.8. The quantitative estimate of drug-likeness (QED) is 0.769. The van der Waals surface area contributed by atoms with E-state index in [0.717, 1.165) is 6.26 Å². The van der Waals surface area contributed by atoms with Crippen LogP contribution in [0.1, 0.15) is 0 Å². The molecule has 0 amide bonds. The summed E-state index contributed by atoms with van der Waals surface area (Å²) in [5.74, 6) is 0.0925. The number of rotatable bonds is 5. The molecule has 1 heterocycles. The van der Waals surface area contributed by atoms with Gasteiger partial charge in [-0.25, -0.2) is 13.4 Å². The van der Waals surface area contributed by atoms with Crippen molar-refractivity contribution in [3.63, 3.8) is 0 Å². The highest BCUT2D eigenvalue weighted by molar-refractivity contribution is 7.90. The molecule has 1 aromatic rings. The molecule has 1 rings (SSSR count). The standard InChI is InChI=1S/C11H22N2O4SSi2/c1-18(14,15)9-8-12-11(17-20(5,6)7)13-10(9)16-19(2,3)4/h8H,1-7H3. The van der Waals surface area contributed by atoms with Crippen LogP contribution in [0.15, 0.2) is 11.1 Å². The molecule has 0 atom stereocenters. The molecule has 0 fully saturated rings. The summed E-state index contributed by atoms with van der Waals surface area (Å²) in [6, 6.07) is 0.171. The Morgan fingerprint density at radius 2 is 1.50 bits per heavy atom. The molecule has 0 saturated carbocycles. The van der Waals surface area contributed by atoms with Crippen LogP contribution in [0.25, 0.3) is 0 Å². The van der Waals surface area contributed by atoms with Crippen LogP contribution in [0.3, 0.4) is 0 Å². The van der Waals surface area contributed by atoms with Crippen LogP contribution < -0.4 is 8.85 Å². The summed E-state index contributed by atoms with van der Waals surface area (Å²) >= 11 is 0. The lowest BCUT2D eigenvalue weighted by Gasteiger charge is -2.22. The van der Waals surface area contributed by atoms with Crippen LogP contribution in [0.5, 0.6) is 11.9 Å².